The number of aromatic nitrogens is 2. The zero-order valence-corrected chi connectivity index (χ0v) is 37.0. The van der Waals surface area contributed by atoms with Gasteiger partial charge in [-0.25, -0.2) is 0 Å². The Morgan fingerprint density at radius 2 is 0.500 bits per heavy atom. The van der Waals surface area contributed by atoms with Crippen LogP contribution < -0.4 is 9.80 Å². The van der Waals surface area contributed by atoms with Crippen LogP contribution in [0.4, 0.5) is 34.1 Å². The molecule has 0 aliphatic heterocycles. The minimum absolute atomic E-state index is 0.950. The lowest BCUT2D eigenvalue weighted by molar-refractivity contribution is 1.29. The molecule has 0 atom stereocenters. The second-order valence-corrected chi connectivity index (χ2v) is 17.4. The van der Waals surface area contributed by atoms with Gasteiger partial charge in [-0.15, -0.1) is 0 Å². The average Bonchev–Trinajstić information content (AvgIpc) is 3.42. The van der Waals surface area contributed by atoms with Crippen molar-refractivity contribution >= 4 is 98.8 Å². The van der Waals surface area contributed by atoms with E-state index < -0.39 is 0 Å². The van der Waals surface area contributed by atoms with E-state index in [0.29, 0.717) is 0 Å². The minimum atomic E-state index is 0.950. The molecule has 4 nitrogen and oxygen atoms in total. The third-order valence-electron chi connectivity index (χ3n) is 13.4. The van der Waals surface area contributed by atoms with E-state index in [2.05, 4.69) is 240 Å². The second kappa shape index (κ2) is 16.4. The van der Waals surface area contributed by atoms with E-state index in [1.54, 1.807) is 0 Å². The van der Waals surface area contributed by atoms with Gasteiger partial charge in [0.1, 0.15) is 0 Å². The third-order valence-corrected chi connectivity index (χ3v) is 13.4. The largest absolute Gasteiger partial charge is 0.310 e. The normalized spacial score (nSPS) is 11.5. The lowest BCUT2D eigenvalue weighted by Crippen LogP contribution is -2.09. The number of anilines is 6. The molecule has 0 saturated carbocycles. The summed E-state index contributed by atoms with van der Waals surface area (Å²) < 4.78 is 0. The molecule has 68 heavy (non-hydrogen) atoms. The van der Waals surface area contributed by atoms with Gasteiger partial charge in [0.25, 0.3) is 0 Å². The summed E-state index contributed by atoms with van der Waals surface area (Å²) in [5, 5.41) is 14.4. The van der Waals surface area contributed by atoms with Gasteiger partial charge in [-0.1, -0.05) is 121 Å². The molecule has 318 valence electrons. The molecule has 0 aliphatic rings. The molecular weight excluding hydrogens is 825 g/mol. The quantitative estimate of drug-likeness (QED) is 0.112. The maximum absolute atomic E-state index is 4.80. The maximum atomic E-state index is 4.80. The number of hydrogen-bond donors (Lipinski definition) is 0. The molecule has 13 aromatic rings. The number of rotatable bonds is 8. The first kappa shape index (κ1) is 39.3. The Hall–Kier alpha value is -9.12. The van der Waals surface area contributed by atoms with Crippen LogP contribution in [0.25, 0.3) is 87.1 Å². The van der Waals surface area contributed by atoms with Gasteiger partial charge in [0, 0.05) is 57.6 Å². The number of fused-ring (bicyclic) bond motifs is 12. The average molecular weight is 867 g/mol. The first-order chi connectivity index (χ1) is 33.7. The van der Waals surface area contributed by atoms with Gasteiger partial charge < -0.3 is 9.80 Å². The molecule has 0 saturated heterocycles. The summed E-state index contributed by atoms with van der Waals surface area (Å²) in [4.78, 5) is 14.3. The third kappa shape index (κ3) is 6.69. The molecule has 2 heterocycles. The van der Waals surface area contributed by atoms with Crippen LogP contribution in [-0.4, -0.2) is 9.97 Å². The Balaban J connectivity index is 1.12. The Morgan fingerprint density at radius 1 is 0.206 bits per heavy atom. The maximum Gasteiger partial charge on any atom is 0.0702 e. The molecule has 0 unspecified atom stereocenters. The molecule has 0 bridgehead atoms. The van der Waals surface area contributed by atoms with E-state index in [4.69, 9.17) is 9.97 Å². The zero-order chi connectivity index (χ0) is 45.0. The Morgan fingerprint density at radius 3 is 0.824 bits per heavy atom. The van der Waals surface area contributed by atoms with Crippen molar-refractivity contribution in [3.05, 3.63) is 255 Å². The van der Waals surface area contributed by atoms with Gasteiger partial charge in [0.15, 0.2) is 0 Å². The van der Waals surface area contributed by atoms with Crippen molar-refractivity contribution in [1.29, 1.82) is 0 Å². The Bertz CT molecular complexity index is 3650. The SMILES string of the molecule is c1ccc(N(c2ccccc2)c2ccc3c(c2)c2cc(-c4ccccn4)ccc2c2cc4c5ccc(N(c6ccccc6)c6ccccc6)cc5c5cc(-c6ccccn6)ccc5c4cc32)cc1. The molecule has 0 N–H and O–H groups in total. The highest BCUT2D eigenvalue weighted by Crippen LogP contribution is 2.47. The fraction of sp³-hybridized carbons (Fsp3) is 0. The molecule has 11 aromatic carbocycles. The number of benzene rings is 11. The molecule has 0 radical (unpaired) electrons. The van der Waals surface area contributed by atoms with Gasteiger partial charge in [-0.05, 0) is 186 Å². The molecule has 0 spiro atoms. The van der Waals surface area contributed by atoms with Gasteiger partial charge in [0.2, 0.25) is 0 Å². The van der Waals surface area contributed by atoms with Gasteiger partial charge >= 0.3 is 0 Å². The fourth-order valence-corrected chi connectivity index (χ4v) is 10.3. The molecule has 0 amide bonds. The molecule has 13 rings (SSSR count). The van der Waals surface area contributed by atoms with Crippen LogP contribution >= 0.6 is 0 Å². The van der Waals surface area contributed by atoms with Gasteiger partial charge in [-0.3, -0.25) is 9.97 Å². The van der Waals surface area contributed by atoms with Crippen LogP contribution in [0.3, 0.4) is 0 Å². The Kier molecular flexibility index (Phi) is 9.47. The fourth-order valence-electron chi connectivity index (χ4n) is 10.3. The van der Waals surface area contributed by atoms with E-state index in [-0.39, 0.29) is 0 Å². The van der Waals surface area contributed by atoms with Crippen LogP contribution in [0.1, 0.15) is 0 Å². The number of nitrogens with zero attached hydrogens (tertiary/aromatic N) is 4. The molecule has 4 heteroatoms. The van der Waals surface area contributed by atoms with Crippen LogP contribution in [0.5, 0.6) is 0 Å². The van der Waals surface area contributed by atoms with E-state index >= 15 is 0 Å². The highest BCUT2D eigenvalue weighted by Gasteiger charge is 2.20. The summed E-state index contributed by atoms with van der Waals surface area (Å²) in [7, 11) is 0. The van der Waals surface area contributed by atoms with Crippen molar-refractivity contribution in [1.82, 2.24) is 9.97 Å². The summed E-state index contributed by atoms with van der Waals surface area (Å²) >= 11 is 0. The van der Waals surface area contributed by atoms with E-state index in [1.807, 2.05) is 24.5 Å². The monoisotopic (exact) mass is 866 g/mol. The lowest BCUT2D eigenvalue weighted by Gasteiger charge is -2.26. The number of para-hydroxylation sites is 4. The predicted octanol–water partition coefficient (Wildman–Crippen LogP) is 17.7. The van der Waals surface area contributed by atoms with E-state index in [1.165, 1.54) is 64.6 Å². The summed E-state index contributed by atoms with van der Waals surface area (Å²) in [5.74, 6) is 0. The van der Waals surface area contributed by atoms with E-state index in [9.17, 15) is 0 Å². The second-order valence-electron chi connectivity index (χ2n) is 17.4. The first-order valence-corrected chi connectivity index (χ1v) is 23.1. The smallest absolute Gasteiger partial charge is 0.0702 e. The summed E-state index contributed by atoms with van der Waals surface area (Å²) in [6.45, 7) is 0. The van der Waals surface area contributed by atoms with Crippen LogP contribution in [0.2, 0.25) is 0 Å². The lowest BCUT2D eigenvalue weighted by atomic mass is 9.87. The van der Waals surface area contributed by atoms with Gasteiger partial charge in [0.05, 0.1) is 11.4 Å². The molecular formula is C64H42N4. The van der Waals surface area contributed by atoms with Crippen molar-refractivity contribution in [3.63, 3.8) is 0 Å². The topological polar surface area (TPSA) is 32.3 Å². The highest BCUT2D eigenvalue weighted by molar-refractivity contribution is 6.33. The molecule has 0 fully saturated rings. The Labute approximate surface area is 394 Å². The van der Waals surface area contributed by atoms with Crippen LogP contribution in [-0.2, 0) is 0 Å². The predicted molar refractivity (Wildman–Crippen MR) is 287 cm³/mol. The van der Waals surface area contributed by atoms with Crippen LogP contribution in [0, 0.1) is 0 Å². The van der Waals surface area contributed by atoms with Crippen molar-refractivity contribution in [2.24, 2.45) is 0 Å². The van der Waals surface area contributed by atoms with Crippen molar-refractivity contribution in [2.75, 3.05) is 9.80 Å². The number of hydrogen-bond acceptors (Lipinski definition) is 4. The van der Waals surface area contributed by atoms with E-state index in [0.717, 1.165) is 56.6 Å². The summed E-state index contributed by atoms with van der Waals surface area (Å²) in [6, 6.07) is 87.5. The van der Waals surface area contributed by atoms with Crippen molar-refractivity contribution in [2.45, 2.75) is 0 Å². The van der Waals surface area contributed by atoms with Crippen molar-refractivity contribution < 1.29 is 0 Å². The summed E-state index contributed by atoms with van der Waals surface area (Å²) in [6.07, 6.45) is 3.75. The standard InChI is InChI=1S/C64H42N4/c1-5-17-45(18-6-1)67(46-19-7-2-8-20-46)49-29-33-53-57(39-49)55-37-43(63-25-13-15-35-65-63)27-31-51(55)59-42-62-54-34-30-50(68(47-21-9-3-10-22-47)48-23-11-4-12-24-48)40-58(54)56-38-44(64-26-14-16-36-66-64)28-32-52(56)60(62)41-61(53)59/h1-42H. The molecule has 2 aromatic heterocycles. The van der Waals surface area contributed by atoms with Crippen LogP contribution in [0.15, 0.2) is 255 Å². The van der Waals surface area contributed by atoms with Crippen molar-refractivity contribution in [3.8, 4) is 22.5 Å². The highest BCUT2D eigenvalue weighted by atomic mass is 15.1. The zero-order valence-electron chi connectivity index (χ0n) is 37.0. The van der Waals surface area contributed by atoms with Gasteiger partial charge in [-0.2, -0.15) is 0 Å². The summed E-state index contributed by atoms with van der Waals surface area (Å²) in [5.41, 5.74) is 10.7. The first-order valence-electron chi connectivity index (χ1n) is 23.1. The number of pyridine rings is 2. The molecule has 0 aliphatic carbocycles. The minimum Gasteiger partial charge on any atom is -0.310 e.